The summed E-state index contributed by atoms with van der Waals surface area (Å²) < 4.78 is 6.25. The summed E-state index contributed by atoms with van der Waals surface area (Å²) in [6.07, 6.45) is 0.698. The molecule has 2 amide bonds. The first-order valence-corrected chi connectivity index (χ1v) is 12.1. The van der Waals surface area contributed by atoms with E-state index >= 15 is 0 Å². The monoisotopic (exact) mass is 512 g/mol. The van der Waals surface area contributed by atoms with Crippen molar-refractivity contribution in [1.82, 2.24) is 14.9 Å². The molecule has 0 aliphatic carbocycles. The summed E-state index contributed by atoms with van der Waals surface area (Å²) in [6, 6.07) is 6.95. The lowest BCUT2D eigenvalue weighted by Gasteiger charge is -2.43. The van der Waals surface area contributed by atoms with Crippen LogP contribution in [0.25, 0.3) is 11.3 Å². The molecule has 9 nitrogen and oxygen atoms in total. The molecule has 2 heterocycles. The number of anilines is 2. The second-order valence-electron chi connectivity index (χ2n) is 11.1. The molecule has 0 saturated carbocycles. The zero-order chi connectivity index (χ0) is 29.5. The second-order valence-corrected chi connectivity index (χ2v) is 11.1. The summed E-state index contributed by atoms with van der Waals surface area (Å²) in [7, 11) is 35.0. The molecule has 0 fully saturated rings. The number of hydrogen-bond donors (Lipinski definition) is 3. The molecule has 15 heteroatoms. The van der Waals surface area contributed by atoms with Crippen molar-refractivity contribution in [3.05, 3.63) is 47.2 Å². The van der Waals surface area contributed by atoms with Crippen LogP contribution in [0.1, 0.15) is 61.3 Å². The Morgan fingerprint density at radius 3 is 2.10 bits per heavy atom. The van der Waals surface area contributed by atoms with Gasteiger partial charge in [-0.1, -0.05) is 50.2 Å². The first kappa shape index (κ1) is 30.3. The van der Waals surface area contributed by atoms with Crippen LogP contribution in [0.5, 0.6) is 0 Å². The number of nitrogen functional groups attached to an aromatic ring is 1. The molecule has 5 N–H and O–H groups in total. The van der Waals surface area contributed by atoms with Crippen molar-refractivity contribution in [2.45, 2.75) is 56.3 Å². The lowest BCUT2D eigenvalue weighted by molar-refractivity contribution is -0.117. The largest absolute Gasteiger partial charge is 0.383 e. The lowest BCUT2D eigenvalue weighted by Crippen LogP contribution is -2.40. The third-order valence-electron chi connectivity index (χ3n) is 5.98. The summed E-state index contributed by atoms with van der Waals surface area (Å²) in [5.41, 5.74) is 13.6. The molecule has 12 radical (unpaired) electrons. The van der Waals surface area contributed by atoms with Gasteiger partial charge in [-0.25, -0.2) is 4.68 Å². The van der Waals surface area contributed by atoms with E-state index in [1.165, 1.54) is 0 Å². The first-order valence-electron chi connectivity index (χ1n) is 12.1. The van der Waals surface area contributed by atoms with Crippen molar-refractivity contribution < 1.29 is 14.1 Å². The maximum Gasteiger partial charge on any atom is 0.254 e. The van der Waals surface area contributed by atoms with Crippen LogP contribution in [0.2, 0.25) is 10.2 Å². The number of rotatable bonds is 9. The van der Waals surface area contributed by atoms with E-state index < -0.39 is 28.1 Å². The fraction of sp³-hybridized carbons (Fsp3) is 0.417. The Morgan fingerprint density at radius 2 is 1.62 bits per heavy atom. The Hall–Kier alpha value is -3.23. The number of carbonyl (C=O) groups excluding carboxylic acids is 2. The highest BCUT2D eigenvalue weighted by Gasteiger charge is 2.37. The van der Waals surface area contributed by atoms with Crippen molar-refractivity contribution in [3.8, 4) is 11.3 Å². The minimum Gasteiger partial charge on any atom is -0.383 e. The average Bonchev–Trinajstić information content (AvgIpc) is 3.34. The summed E-state index contributed by atoms with van der Waals surface area (Å²) in [6.45, 7) is 7.98. The number of nitrogens with two attached hydrogens (primary N) is 2. The molecule has 0 aliphatic heterocycles. The minimum absolute atomic E-state index is 0.0210. The molecule has 0 aliphatic rings. The molecule has 188 valence electrons. The van der Waals surface area contributed by atoms with Crippen molar-refractivity contribution >= 4 is 70.6 Å². The van der Waals surface area contributed by atoms with E-state index in [4.69, 9.17) is 63.1 Å². The summed E-state index contributed by atoms with van der Waals surface area (Å²) in [4.78, 5) is 25.2. The lowest BCUT2D eigenvalue weighted by atomic mass is 9.27. The van der Waals surface area contributed by atoms with E-state index in [-0.39, 0.29) is 34.3 Å². The number of carbonyl (C=O) groups is 2. The molecule has 1 aromatic carbocycles. The van der Waals surface area contributed by atoms with Gasteiger partial charge in [-0.2, -0.15) is 5.10 Å². The number of hydrogen-bond acceptors (Lipinski definition) is 6. The number of nitrogens with one attached hydrogen (secondary N) is 1. The predicted molar refractivity (Wildman–Crippen MR) is 156 cm³/mol. The van der Waals surface area contributed by atoms with Gasteiger partial charge in [0.05, 0.1) is 58.7 Å². The average molecular weight is 511 g/mol. The van der Waals surface area contributed by atoms with Gasteiger partial charge < -0.3 is 16.0 Å². The first-order chi connectivity index (χ1) is 17.8. The van der Waals surface area contributed by atoms with Gasteiger partial charge in [0.2, 0.25) is 11.8 Å². The molecule has 3 aromatic rings. The molecule has 1 atom stereocenters. The Morgan fingerprint density at radius 1 is 1.05 bits per heavy atom. The van der Waals surface area contributed by atoms with E-state index in [2.05, 4.69) is 36.3 Å². The zero-order valence-electron chi connectivity index (χ0n) is 22.4. The summed E-state index contributed by atoms with van der Waals surface area (Å²) in [5.74, 6) is -1.71. The fourth-order valence-corrected chi connectivity index (χ4v) is 4.25. The van der Waals surface area contributed by atoms with Gasteiger partial charge in [0.25, 0.3) is 5.91 Å². The number of amides is 2. The van der Waals surface area contributed by atoms with Crippen LogP contribution in [-0.2, 0) is 11.2 Å². The number of aromatic nitrogens is 3. The van der Waals surface area contributed by atoms with E-state index in [1.807, 2.05) is 0 Å². The van der Waals surface area contributed by atoms with Crippen LogP contribution in [0, 0.1) is 5.41 Å². The van der Waals surface area contributed by atoms with Crippen molar-refractivity contribution in [3.63, 3.8) is 0 Å². The number of primary amides is 1. The highest BCUT2D eigenvalue weighted by molar-refractivity contribution is 6.64. The van der Waals surface area contributed by atoms with Gasteiger partial charge in [0, 0.05) is 17.7 Å². The number of nitrogens with zero attached hydrogens (tertiary/aromatic N) is 3. The van der Waals surface area contributed by atoms with Crippen LogP contribution in [0.15, 0.2) is 34.9 Å². The van der Waals surface area contributed by atoms with Gasteiger partial charge in [-0.3, -0.25) is 14.9 Å². The Labute approximate surface area is 236 Å². The van der Waals surface area contributed by atoms with Crippen molar-refractivity contribution in [1.29, 1.82) is 0 Å². The molecule has 3 rings (SSSR count). The SMILES string of the molecule is [B]C([B])([B])C(n1nc(-c2ccc(C(C)C(=O)Nc3cc(CC(C)(C)C)no3)cc2)c(C(N)=O)c1N)C([B])([B])[B]. The van der Waals surface area contributed by atoms with Crippen molar-refractivity contribution in [2.24, 2.45) is 11.1 Å². The molecule has 0 spiro atoms. The van der Waals surface area contributed by atoms with E-state index in [9.17, 15) is 9.59 Å². The predicted octanol–water partition coefficient (Wildman–Crippen LogP) is 1.25. The molecule has 39 heavy (non-hydrogen) atoms. The normalized spacial score (nSPS) is 13.4. The quantitative estimate of drug-likeness (QED) is 0.369. The van der Waals surface area contributed by atoms with Crippen molar-refractivity contribution in [2.75, 3.05) is 11.1 Å². The number of benzene rings is 1. The molecular formula is C24H26B6N6O3. The molecule has 0 saturated heterocycles. The van der Waals surface area contributed by atoms with Crippen LogP contribution >= 0.6 is 0 Å². The minimum atomic E-state index is -2.06. The smallest absolute Gasteiger partial charge is 0.254 e. The topological polar surface area (TPSA) is 142 Å². The highest BCUT2D eigenvalue weighted by Crippen LogP contribution is 2.45. The fourth-order valence-electron chi connectivity index (χ4n) is 4.25. The standard InChI is InChI=1S/C24H26B6N6O3/c1-11(20(38)33-15-9-14(35-39-15)10-22(2,3)4)12-5-7-13(8-6-12)17-16(19(32)37)18(31)36(34-17)21(23(25,26)27)24(28,29)30/h5-9,11,21H,10,31H2,1-4H3,(H2,32,37)(H,33,38). The second kappa shape index (κ2) is 10.7. The van der Waals surface area contributed by atoms with Crippen LogP contribution in [0.3, 0.4) is 0 Å². The van der Waals surface area contributed by atoms with E-state index in [0.717, 1.165) is 10.4 Å². The maximum atomic E-state index is 12.9. The van der Waals surface area contributed by atoms with Gasteiger partial charge in [0.1, 0.15) is 17.1 Å². The Kier molecular flexibility index (Phi) is 8.35. The van der Waals surface area contributed by atoms with Gasteiger partial charge in [-0.15, -0.1) is 10.2 Å². The van der Waals surface area contributed by atoms with E-state index in [1.54, 1.807) is 37.3 Å². The molecule has 1 unspecified atom stereocenters. The Balaban J connectivity index is 1.88. The van der Waals surface area contributed by atoms with Crippen LogP contribution in [0.4, 0.5) is 11.7 Å². The van der Waals surface area contributed by atoms with E-state index in [0.29, 0.717) is 17.5 Å². The third kappa shape index (κ3) is 7.05. The van der Waals surface area contributed by atoms with Gasteiger partial charge in [-0.05, 0) is 24.3 Å². The zero-order valence-corrected chi connectivity index (χ0v) is 22.4. The summed E-state index contributed by atoms with van der Waals surface area (Å²) in [5, 5.41) is 6.97. The summed E-state index contributed by atoms with van der Waals surface area (Å²) >= 11 is 0. The third-order valence-corrected chi connectivity index (χ3v) is 5.98. The molecule has 0 bridgehead atoms. The highest BCUT2D eigenvalue weighted by atomic mass is 16.5. The van der Waals surface area contributed by atoms with Crippen LogP contribution < -0.4 is 16.8 Å². The molecular weight excluding hydrogens is 485 g/mol. The van der Waals surface area contributed by atoms with Crippen LogP contribution in [-0.4, -0.2) is 73.8 Å². The molecule has 2 aromatic heterocycles. The van der Waals surface area contributed by atoms with Gasteiger partial charge >= 0.3 is 0 Å². The maximum absolute atomic E-state index is 12.9. The van der Waals surface area contributed by atoms with Gasteiger partial charge in [0.15, 0.2) is 0 Å². The Bertz CT molecular complexity index is 1340.